The Morgan fingerprint density at radius 3 is 1.20 bits per heavy atom. The summed E-state index contributed by atoms with van der Waals surface area (Å²) < 4.78 is 28.2. The lowest BCUT2D eigenvalue weighted by Crippen LogP contribution is -2.61. The van der Waals surface area contributed by atoms with Crippen LogP contribution in [0.2, 0.25) is 0 Å². The number of carbonyl (C=O) groups excluding carboxylic acids is 3. The summed E-state index contributed by atoms with van der Waals surface area (Å²) in [5.41, 5.74) is 0. The smallest absolute Gasteiger partial charge is 0.335 e. The van der Waals surface area contributed by atoms with E-state index in [2.05, 4.69) is 148 Å². The summed E-state index contributed by atoms with van der Waals surface area (Å²) in [5, 5.41) is 31.5. The fraction of sp³-hybridized carbons (Fsp3) is 0.552. The number of carboxylic acid groups (broad SMARTS) is 1. The molecule has 0 spiro atoms. The van der Waals surface area contributed by atoms with Gasteiger partial charge < -0.3 is 39.0 Å². The van der Waals surface area contributed by atoms with Crippen LogP contribution in [-0.4, -0.2) is 89.2 Å². The number of hydrogen-bond donors (Lipinski definition) is 3. The predicted octanol–water partition coefficient (Wildman–Crippen LogP) is 15.3. The highest BCUT2D eigenvalue weighted by atomic mass is 16.7. The number of aliphatic hydroxyl groups excluding tert-OH is 2. The number of ether oxygens (including phenoxy) is 5. The lowest BCUT2D eigenvalue weighted by molar-refractivity contribution is -0.301. The van der Waals surface area contributed by atoms with E-state index in [0.717, 1.165) is 116 Å². The van der Waals surface area contributed by atoms with Crippen LogP contribution < -0.4 is 0 Å². The third-order valence-corrected chi connectivity index (χ3v) is 12.1. The molecule has 1 aliphatic heterocycles. The summed E-state index contributed by atoms with van der Waals surface area (Å²) in [6.07, 6.45) is 65.3. The van der Waals surface area contributed by atoms with Crippen LogP contribution in [-0.2, 0) is 42.9 Å². The van der Waals surface area contributed by atoms with Crippen molar-refractivity contribution in [1.29, 1.82) is 0 Å². The molecule has 0 aromatic carbocycles. The number of aliphatic carboxylic acids is 1. The highest BCUT2D eigenvalue weighted by Gasteiger charge is 2.50. The third-order valence-electron chi connectivity index (χ3n) is 12.1. The second kappa shape index (κ2) is 53.0. The molecule has 0 aliphatic carbocycles. The van der Waals surface area contributed by atoms with E-state index in [4.69, 9.17) is 23.7 Å². The molecule has 12 nitrogen and oxygen atoms in total. The Labute approximate surface area is 475 Å². The first-order valence-electron chi connectivity index (χ1n) is 29.5. The zero-order valence-electron chi connectivity index (χ0n) is 48.3. The van der Waals surface area contributed by atoms with E-state index in [-0.39, 0.29) is 19.3 Å². The van der Waals surface area contributed by atoms with Gasteiger partial charge in [0.05, 0.1) is 6.61 Å². The first-order chi connectivity index (χ1) is 38.6. The average Bonchev–Trinajstić information content (AvgIpc) is 3.47. The van der Waals surface area contributed by atoms with Crippen LogP contribution in [0.4, 0.5) is 0 Å². The van der Waals surface area contributed by atoms with Gasteiger partial charge in [-0.25, -0.2) is 4.79 Å². The molecule has 440 valence electrons. The van der Waals surface area contributed by atoms with Gasteiger partial charge >= 0.3 is 23.9 Å². The van der Waals surface area contributed by atoms with Crippen molar-refractivity contribution in [3.05, 3.63) is 158 Å². The largest absolute Gasteiger partial charge is 0.479 e. The summed E-state index contributed by atoms with van der Waals surface area (Å²) >= 11 is 0. The Kier molecular flexibility index (Phi) is 47.9. The topological polar surface area (TPSA) is 175 Å². The Morgan fingerprint density at radius 2 is 0.785 bits per heavy atom. The van der Waals surface area contributed by atoms with Crippen molar-refractivity contribution in [3.63, 3.8) is 0 Å². The van der Waals surface area contributed by atoms with E-state index in [1.165, 1.54) is 0 Å². The number of carboxylic acids is 1. The standard InChI is InChI=1S/C67H100O12/c1-4-7-10-13-16-19-22-25-27-29-30-32-33-36-38-41-44-47-50-53-59(68)75-56-58(77-60(69)54-51-48-45-42-39-35-24-21-18-15-12-9-6-3)57-76-67-65(63(72)62(71)64(79-67)66(73)74)78-61(70)55-52-49-46-43-40-37-34-31-28-26-23-20-17-14-11-8-5-2/h7-12,16-21,25-28,30,32,35-36,38-39,44-45,47-48,58,62-65,67,71-72H,4-6,13-15,22-24,29,31,33-34,37,40-43,46,49-57H2,1-3H3,(H,73,74)/b10-7-,11-8-,12-9-,19-16-,20-17-,21-18-,27-25-,28-26-,32-30-,38-36-,39-35-,47-44-,48-45-. The maximum atomic E-state index is 13.1. The minimum atomic E-state index is -1.94. The summed E-state index contributed by atoms with van der Waals surface area (Å²) in [6.45, 7) is 5.50. The monoisotopic (exact) mass is 1100 g/mol. The molecule has 1 saturated heterocycles. The van der Waals surface area contributed by atoms with Gasteiger partial charge in [-0.3, -0.25) is 14.4 Å². The highest BCUT2D eigenvalue weighted by Crippen LogP contribution is 2.26. The molecule has 0 radical (unpaired) electrons. The van der Waals surface area contributed by atoms with Gasteiger partial charge in [-0.05, 0) is 116 Å². The zero-order valence-corrected chi connectivity index (χ0v) is 48.3. The number of allylic oxidation sites excluding steroid dienone is 26. The Balaban J connectivity index is 2.77. The van der Waals surface area contributed by atoms with E-state index < -0.39 is 73.9 Å². The molecule has 1 heterocycles. The molecule has 12 heteroatoms. The number of carbonyl (C=O) groups is 4. The minimum absolute atomic E-state index is 0.0151. The molecule has 0 bridgehead atoms. The van der Waals surface area contributed by atoms with Crippen LogP contribution in [0.25, 0.3) is 0 Å². The van der Waals surface area contributed by atoms with Gasteiger partial charge in [-0.1, -0.05) is 211 Å². The summed E-state index contributed by atoms with van der Waals surface area (Å²) in [4.78, 5) is 51.1. The van der Waals surface area contributed by atoms with Gasteiger partial charge in [0.25, 0.3) is 0 Å². The fourth-order valence-electron chi connectivity index (χ4n) is 7.71. The van der Waals surface area contributed by atoms with Crippen molar-refractivity contribution >= 4 is 23.9 Å². The summed E-state index contributed by atoms with van der Waals surface area (Å²) in [6, 6.07) is 0. The molecule has 1 aliphatic rings. The molecular weight excluding hydrogens is 997 g/mol. The lowest BCUT2D eigenvalue weighted by atomic mass is 9.98. The molecule has 6 unspecified atom stereocenters. The van der Waals surface area contributed by atoms with Crippen LogP contribution in [0, 0.1) is 0 Å². The Bertz CT molecular complexity index is 1980. The molecule has 0 amide bonds. The maximum Gasteiger partial charge on any atom is 0.335 e. The first kappa shape index (κ1) is 71.4. The van der Waals surface area contributed by atoms with Gasteiger partial charge in [0.2, 0.25) is 0 Å². The number of hydrogen-bond acceptors (Lipinski definition) is 11. The van der Waals surface area contributed by atoms with E-state index >= 15 is 0 Å². The zero-order chi connectivity index (χ0) is 57.5. The van der Waals surface area contributed by atoms with E-state index in [1.54, 1.807) is 0 Å². The molecule has 0 aromatic heterocycles. The van der Waals surface area contributed by atoms with Crippen molar-refractivity contribution in [3.8, 4) is 0 Å². The van der Waals surface area contributed by atoms with Crippen LogP contribution >= 0.6 is 0 Å². The normalized spacial score (nSPS) is 19.0. The molecule has 1 fully saturated rings. The molecule has 79 heavy (non-hydrogen) atoms. The number of unbranched alkanes of at least 4 members (excludes halogenated alkanes) is 7. The molecule has 6 atom stereocenters. The van der Waals surface area contributed by atoms with Crippen LogP contribution in [0.3, 0.4) is 0 Å². The lowest BCUT2D eigenvalue weighted by Gasteiger charge is -2.40. The van der Waals surface area contributed by atoms with E-state index in [1.807, 2.05) is 30.4 Å². The van der Waals surface area contributed by atoms with E-state index in [0.29, 0.717) is 32.1 Å². The molecule has 1 rings (SSSR count). The molecular formula is C67H100O12. The SMILES string of the molecule is CC/C=C\C/C=C\C/C=C\C/C=C\C/C=C\C/C=C\CCC(=O)OCC(COC1OC(C(=O)O)C(O)C(O)C1OC(=O)CCCCCCCCC/C=C\C/C=C\C/C=C\CC)OC(=O)CC/C=C\C/C=C\C/C=C\C/C=C\CC. The molecule has 0 aromatic rings. The second-order valence-corrected chi connectivity index (χ2v) is 19.1. The van der Waals surface area contributed by atoms with E-state index in [9.17, 15) is 34.5 Å². The van der Waals surface area contributed by atoms with Crippen molar-refractivity contribution in [2.75, 3.05) is 13.2 Å². The average molecular weight is 1100 g/mol. The van der Waals surface area contributed by atoms with Gasteiger partial charge in [0.15, 0.2) is 24.6 Å². The number of rotatable bonds is 47. The minimum Gasteiger partial charge on any atom is -0.479 e. The summed E-state index contributed by atoms with van der Waals surface area (Å²) in [5.74, 6) is -3.39. The fourth-order valence-corrected chi connectivity index (χ4v) is 7.71. The van der Waals surface area contributed by atoms with Crippen molar-refractivity contribution < 1.29 is 58.2 Å². The van der Waals surface area contributed by atoms with Crippen molar-refractivity contribution in [2.24, 2.45) is 0 Å². The van der Waals surface area contributed by atoms with Crippen LogP contribution in [0.5, 0.6) is 0 Å². The first-order valence-corrected chi connectivity index (χ1v) is 29.5. The predicted molar refractivity (Wildman–Crippen MR) is 321 cm³/mol. The Morgan fingerprint density at radius 1 is 0.418 bits per heavy atom. The van der Waals surface area contributed by atoms with Crippen molar-refractivity contribution in [1.82, 2.24) is 0 Å². The van der Waals surface area contributed by atoms with Gasteiger partial charge in [0.1, 0.15) is 18.8 Å². The summed E-state index contributed by atoms with van der Waals surface area (Å²) in [7, 11) is 0. The van der Waals surface area contributed by atoms with Gasteiger partial charge in [-0.2, -0.15) is 0 Å². The van der Waals surface area contributed by atoms with Crippen LogP contribution in [0.15, 0.2) is 158 Å². The maximum absolute atomic E-state index is 13.1. The molecule has 3 N–H and O–H groups in total. The van der Waals surface area contributed by atoms with Gasteiger partial charge in [0, 0.05) is 19.3 Å². The quantitative estimate of drug-likeness (QED) is 0.0228. The number of aliphatic hydroxyl groups is 2. The van der Waals surface area contributed by atoms with Crippen molar-refractivity contribution in [2.45, 2.75) is 225 Å². The molecule has 0 saturated carbocycles. The third kappa shape index (κ3) is 42.9. The second-order valence-electron chi connectivity index (χ2n) is 19.1. The highest BCUT2D eigenvalue weighted by molar-refractivity contribution is 5.74. The van der Waals surface area contributed by atoms with Gasteiger partial charge in [-0.15, -0.1) is 0 Å². The Hall–Kier alpha value is -5.66. The number of esters is 3. The van der Waals surface area contributed by atoms with Crippen LogP contribution in [0.1, 0.15) is 188 Å².